The highest BCUT2D eigenvalue weighted by Gasteiger charge is 2.22. The molecular weight excluding hydrogens is 196 g/mol. The van der Waals surface area contributed by atoms with Crippen LogP contribution in [0.3, 0.4) is 0 Å². The Morgan fingerprint density at radius 2 is 1.38 bits per heavy atom. The number of allylic oxidation sites excluding steroid dienone is 2. The van der Waals surface area contributed by atoms with E-state index in [2.05, 4.69) is 9.47 Å². The molecule has 0 fully saturated rings. The van der Waals surface area contributed by atoms with Crippen molar-refractivity contribution in [1.82, 2.24) is 0 Å². The lowest BCUT2D eigenvalue weighted by atomic mass is 10.1. The van der Waals surface area contributed by atoms with Gasteiger partial charge in [-0.15, -0.1) is 12.4 Å². The first-order valence-electron chi connectivity index (χ1n) is 3.29. The highest BCUT2D eigenvalue weighted by Crippen LogP contribution is 2.13. The lowest BCUT2D eigenvalue weighted by Gasteiger charge is -2.10. The molecule has 1 rings (SSSR count). The summed E-state index contributed by atoms with van der Waals surface area (Å²) in [5.74, 6) is -0.679. The second-order valence-electron chi connectivity index (χ2n) is 2.16. The summed E-state index contributed by atoms with van der Waals surface area (Å²) in [5, 5.41) is 0. The van der Waals surface area contributed by atoms with Gasteiger partial charge in [0.25, 0.3) is 5.78 Å². The standard InChI is InChI=1S/C8H8O4.ClH/c1-11-6-3-5(9)4-7(12-2)8(6)10;/h3-4H,1-2H3;1H. The molecule has 0 bridgehead atoms. The van der Waals surface area contributed by atoms with E-state index >= 15 is 0 Å². The Bertz CT molecular complexity index is 265. The van der Waals surface area contributed by atoms with Gasteiger partial charge in [0.05, 0.1) is 14.2 Å². The molecule has 5 heteroatoms. The Kier molecular flexibility index (Phi) is 4.20. The fourth-order valence-electron chi connectivity index (χ4n) is 0.856. The minimum absolute atomic E-state index is 0. The van der Waals surface area contributed by atoms with Gasteiger partial charge in [-0.25, -0.2) is 0 Å². The number of ether oxygens (including phenoxy) is 2. The number of halogens is 1. The number of hydrogen-bond acceptors (Lipinski definition) is 4. The maximum atomic E-state index is 11.2. The molecule has 0 spiro atoms. The minimum atomic E-state index is -0.403. The number of methoxy groups -OCH3 is 2. The van der Waals surface area contributed by atoms with Crippen LogP contribution >= 0.6 is 12.4 Å². The summed E-state index contributed by atoms with van der Waals surface area (Å²) in [6.45, 7) is 0. The smallest absolute Gasteiger partial charge is 0.262 e. The lowest BCUT2D eigenvalue weighted by Crippen LogP contribution is -2.16. The minimum Gasteiger partial charge on any atom is -0.492 e. The van der Waals surface area contributed by atoms with Crippen molar-refractivity contribution < 1.29 is 19.1 Å². The van der Waals surface area contributed by atoms with Gasteiger partial charge in [0.2, 0.25) is 0 Å². The molecule has 0 aromatic heterocycles. The summed E-state index contributed by atoms with van der Waals surface area (Å²) < 4.78 is 9.35. The van der Waals surface area contributed by atoms with Crippen molar-refractivity contribution in [1.29, 1.82) is 0 Å². The first kappa shape index (κ1) is 11.7. The SMILES string of the molecule is COC1=CC(=O)C=C(OC)C1=O.Cl. The molecule has 72 valence electrons. The summed E-state index contributed by atoms with van der Waals surface area (Å²) in [4.78, 5) is 22.1. The zero-order valence-electron chi connectivity index (χ0n) is 7.20. The first-order valence-corrected chi connectivity index (χ1v) is 3.29. The molecule has 0 radical (unpaired) electrons. The highest BCUT2D eigenvalue weighted by molar-refractivity contribution is 6.18. The molecule has 0 saturated carbocycles. The van der Waals surface area contributed by atoms with Crippen LogP contribution < -0.4 is 0 Å². The molecule has 0 N–H and O–H groups in total. The van der Waals surface area contributed by atoms with Crippen LogP contribution in [0.25, 0.3) is 0 Å². The monoisotopic (exact) mass is 204 g/mol. The van der Waals surface area contributed by atoms with E-state index in [1.807, 2.05) is 0 Å². The topological polar surface area (TPSA) is 52.6 Å². The summed E-state index contributed by atoms with van der Waals surface area (Å²) >= 11 is 0. The van der Waals surface area contributed by atoms with E-state index in [1.165, 1.54) is 14.2 Å². The Morgan fingerprint density at radius 1 is 1.00 bits per heavy atom. The summed E-state index contributed by atoms with van der Waals surface area (Å²) in [6.07, 6.45) is 2.26. The zero-order chi connectivity index (χ0) is 9.14. The Labute approximate surface area is 81.6 Å². The largest absolute Gasteiger partial charge is 0.492 e. The van der Waals surface area contributed by atoms with Gasteiger partial charge >= 0.3 is 0 Å². The maximum Gasteiger partial charge on any atom is 0.262 e. The molecular formula is C8H9ClO4. The third kappa shape index (κ3) is 2.32. The van der Waals surface area contributed by atoms with Crippen LogP contribution in [0.1, 0.15) is 0 Å². The number of carbonyl (C=O) groups excluding carboxylic acids is 2. The molecule has 0 heterocycles. The molecule has 0 amide bonds. The molecule has 4 nitrogen and oxygen atoms in total. The molecule has 0 atom stereocenters. The van der Waals surface area contributed by atoms with Gasteiger partial charge in [0.1, 0.15) is 0 Å². The number of ketones is 2. The van der Waals surface area contributed by atoms with Crippen LogP contribution in [-0.4, -0.2) is 25.8 Å². The van der Waals surface area contributed by atoms with Crippen LogP contribution in [-0.2, 0) is 19.1 Å². The average molecular weight is 205 g/mol. The maximum absolute atomic E-state index is 11.2. The van der Waals surface area contributed by atoms with Crippen molar-refractivity contribution in [3.63, 3.8) is 0 Å². The predicted molar refractivity (Wildman–Crippen MR) is 47.4 cm³/mol. The number of carbonyl (C=O) groups is 2. The second kappa shape index (κ2) is 4.67. The van der Waals surface area contributed by atoms with Gasteiger partial charge in [-0.1, -0.05) is 0 Å². The Hall–Kier alpha value is -1.29. The van der Waals surface area contributed by atoms with E-state index in [0.717, 1.165) is 12.2 Å². The third-order valence-corrected chi connectivity index (χ3v) is 1.43. The van der Waals surface area contributed by atoms with Crippen LogP contribution in [0.5, 0.6) is 0 Å². The van der Waals surface area contributed by atoms with Crippen molar-refractivity contribution in [2.75, 3.05) is 14.2 Å². The van der Waals surface area contributed by atoms with Crippen LogP contribution in [0, 0.1) is 0 Å². The zero-order valence-corrected chi connectivity index (χ0v) is 8.01. The molecule has 0 unspecified atom stereocenters. The lowest BCUT2D eigenvalue weighted by molar-refractivity contribution is -0.120. The number of hydrogen-bond donors (Lipinski definition) is 0. The van der Waals surface area contributed by atoms with E-state index in [4.69, 9.17) is 0 Å². The van der Waals surface area contributed by atoms with E-state index in [-0.39, 0.29) is 29.7 Å². The van der Waals surface area contributed by atoms with Gasteiger partial charge in [-0.3, -0.25) is 9.59 Å². The van der Waals surface area contributed by atoms with Crippen molar-refractivity contribution in [2.24, 2.45) is 0 Å². The van der Waals surface area contributed by atoms with Crippen molar-refractivity contribution in [2.45, 2.75) is 0 Å². The summed E-state index contributed by atoms with van der Waals surface area (Å²) in [7, 11) is 2.66. The Balaban J connectivity index is 0.00000144. The first-order chi connectivity index (χ1) is 5.69. The van der Waals surface area contributed by atoms with E-state index < -0.39 is 5.78 Å². The van der Waals surface area contributed by atoms with Crippen molar-refractivity contribution in [3.05, 3.63) is 23.7 Å². The van der Waals surface area contributed by atoms with Crippen LogP contribution in [0.15, 0.2) is 23.7 Å². The van der Waals surface area contributed by atoms with Crippen molar-refractivity contribution in [3.8, 4) is 0 Å². The van der Waals surface area contributed by atoms with Crippen molar-refractivity contribution >= 4 is 24.0 Å². The van der Waals surface area contributed by atoms with Gasteiger partial charge < -0.3 is 9.47 Å². The average Bonchev–Trinajstić information content (AvgIpc) is 2.08. The fraction of sp³-hybridized carbons (Fsp3) is 0.250. The molecule has 13 heavy (non-hydrogen) atoms. The third-order valence-electron chi connectivity index (χ3n) is 1.43. The predicted octanol–water partition coefficient (Wildman–Crippen LogP) is 0.621. The molecule has 1 aliphatic carbocycles. The molecule has 0 aliphatic heterocycles. The molecule has 0 aromatic carbocycles. The number of Topliss-reactive ketones (excluding diaryl/α,β-unsaturated/α-hetero) is 1. The van der Waals surface area contributed by atoms with Gasteiger partial charge in [0, 0.05) is 12.2 Å². The number of rotatable bonds is 2. The van der Waals surface area contributed by atoms with Crippen LogP contribution in [0.4, 0.5) is 0 Å². The second-order valence-corrected chi connectivity index (χ2v) is 2.16. The fourth-order valence-corrected chi connectivity index (χ4v) is 0.856. The summed E-state index contributed by atoms with van der Waals surface area (Å²) in [6, 6.07) is 0. The van der Waals surface area contributed by atoms with Gasteiger partial charge in [0.15, 0.2) is 17.3 Å². The van der Waals surface area contributed by atoms with E-state index in [1.54, 1.807) is 0 Å². The van der Waals surface area contributed by atoms with E-state index in [9.17, 15) is 9.59 Å². The highest BCUT2D eigenvalue weighted by atomic mass is 35.5. The molecule has 1 aliphatic rings. The van der Waals surface area contributed by atoms with Gasteiger partial charge in [-0.05, 0) is 0 Å². The Morgan fingerprint density at radius 3 is 1.69 bits per heavy atom. The van der Waals surface area contributed by atoms with Gasteiger partial charge in [-0.2, -0.15) is 0 Å². The molecule has 0 saturated heterocycles. The van der Waals surface area contributed by atoms with Crippen LogP contribution in [0.2, 0.25) is 0 Å². The van der Waals surface area contributed by atoms with E-state index in [0.29, 0.717) is 0 Å². The quantitative estimate of drug-likeness (QED) is 0.619. The normalized spacial score (nSPS) is 15.5. The molecule has 0 aromatic rings. The summed E-state index contributed by atoms with van der Waals surface area (Å²) in [5.41, 5.74) is 0.